The van der Waals surface area contributed by atoms with Gasteiger partial charge in [-0.2, -0.15) is 4.31 Å². The van der Waals surface area contributed by atoms with E-state index >= 15 is 0 Å². The van der Waals surface area contributed by atoms with Crippen LogP contribution in [0.2, 0.25) is 0 Å². The Bertz CT molecular complexity index is 503. The molecule has 0 bridgehead atoms. The Morgan fingerprint density at radius 1 is 1.28 bits per heavy atom. The topological polar surface area (TPSA) is 115 Å². The number of rotatable bonds is 7. The fourth-order valence-electron chi connectivity index (χ4n) is 1.37. The summed E-state index contributed by atoms with van der Waals surface area (Å²) in [7, 11) is -4.01. The van der Waals surface area contributed by atoms with Gasteiger partial charge in [0.15, 0.2) is 0 Å². The third-order valence-corrected chi connectivity index (χ3v) is 5.11. The summed E-state index contributed by atoms with van der Waals surface area (Å²) in [5.41, 5.74) is 0. The second kappa shape index (κ2) is 6.25. The van der Waals surface area contributed by atoms with Crippen molar-refractivity contribution in [3.05, 3.63) is 16.3 Å². The van der Waals surface area contributed by atoms with Crippen LogP contribution in [-0.4, -0.2) is 60.3 Å². The molecule has 1 aromatic heterocycles. The molecule has 102 valence electrons. The van der Waals surface area contributed by atoms with Crippen molar-refractivity contribution in [2.24, 2.45) is 0 Å². The summed E-state index contributed by atoms with van der Waals surface area (Å²) < 4.78 is 25.1. The van der Waals surface area contributed by atoms with Crippen LogP contribution >= 0.6 is 11.3 Å². The van der Waals surface area contributed by atoms with Gasteiger partial charge in [-0.3, -0.25) is 0 Å². The molecule has 0 unspecified atom stereocenters. The van der Waals surface area contributed by atoms with Crippen LogP contribution in [0.3, 0.4) is 0 Å². The lowest BCUT2D eigenvalue weighted by Crippen LogP contribution is -2.36. The third kappa shape index (κ3) is 3.06. The monoisotopic (exact) mass is 295 g/mol. The molecule has 0 aliphatic rings. The summed E-state index contributed by atoms with van der Waals surface area (Å²) in [4.78, 5) is 10.3. The van der Waals surface area contributed by atoms with Gasteiger partial charge in [-0.05, 0) is 11.4 Å². The largest absolute Gasteiger partial charge is 0.477 e. The fourth-order valence-corrected chi connectivity index (χ4v) is 4.03. The van der Waals surface area contributed by atoms with E-state index in [1.807, 2.05) is 0 Å². The third-order valence-electron chi connectivity index (χ3n) is 2.14. The fraction of sp³-hybridized carbons (Fsp3) is 0.444. The van der Waals surface area contributed by atoms with Crippen LogP contribution < -0.4 is 0 Å². The normalized spacial score (nSPS) is 11.9. The predicted octanol–water partition coefficient (Wildman–Crippen LogP) is -0.578. The van der Waals surface area contributed by atoms with Crippen LogP contribution in [0.4, 0.5) is 0 Å². The molecule has 1 rings (SSSR count). The lowest BCUT2D eigenvalue weighted by molar-refractivity contribution is 0.0698. The van der Waals surface area contributed by atoms with Crippen molar-refractivity contribution in [1.82, 2.24) is 4.31 Å². The molecule has 1 aromatic rings. The van der Waals surface area contributed by atoms with Gasteiger partial charge >= 0.3 is 5.97 Å². The average molecular weight is 295 g/mol. The predicted molar refractivity (Wildman–Crippen MR) is 64.2 cm³/mol. The molecule has 0 aromatic carbocycles. The first kappa shape index (κ1) is 15.1. The number of thiophene rings is 1. The molecule has 0 atom stereocenters. The number of aliphatic hydroxyl groups is 2. The Balaban J connectivity index is 3.18. The van der Waals surface area contributed by atoms with Crippen LogP contribution in [-0.2, 0) is 10.0 Å². The highest BCUT2D eigenvalue weighted by atomic mass is 32.2. The second-order valence-corrected chi connectivity index (χ2v) is 6.09. The summed E-state index contributed by atoms with van der Waals surface area (Å²) >= 11 is 0.808. The maximum absolute atomic E-state index is 12.1. The van der Waals surface area contributed by atoms with E-state index in [0.29, 0.717) is 0 Å². The van der Waals surface area contributed by atoms with Crippen LogP contribution in [0.25, 0.3) is 0 Å². The van der Waals surface area contributed by atoms with Crippen LogP contribution in [0.15, 0.2) is 16.3 Å². The van der Waals surface area contributed by atoms with E-state index in [9.17, 15) is 13.2 Å². The minimum absolute atomic E-state index is 0.197. The van der Waals surface area contributed by atoms with Gasteiger partial charge in [0.25, 0.3) is 0 Å². The SMILES string of the molecule is O=C(O)c1sccc1S(=O)(=O)N(CCO)CCO. The van der Waals surface area contributed by atoms with Crippen molar-refractivity contribution >= 4 is 27.3 Å². The van der Waals surface area contributed by atoms with Crippen molar-refractivity contribution in [2.45, 2.75) is 4.90 Å². The Labute approximate surface area is 108 Å². The van der Waals surface area contributed by atoms with Gasteiger partial charge in [-0.25, -0.2) is 13.2 Å². The lowest BCUT2D eigenvalue weighted by atomic mass is 10.5. The van der Waals surface area contributed by atoms with E-state index in [2.05, 4.69) is 0 Å². The van der Waals surface area contributed by atoms with Crippen LogP contribution in [0, 0.1) is 0 Å². The second-order valence-electron chi connectivity index (χ2n) is 3.27. The average Bonchev–Trinajstić information content (AvgIpc) is 2.78. The van der Waals surface area contributed by atoms with Crippen LogP contribution in [0.1, 0.15) is 9.67 Å². The van der Waals surface area contributed by atoms with Crippen molar-refractivity contribution in [3.8, 4) is 0 Å². The van der Waals surface area contributed by atoms with Crippen molar-refractivity contribution < 1.29 is 28.5 Å². The first-order chi connectivity index (χ1) is 8.45. The van der Waals surface area contributed by atoms with E-state index in [0.717, 1.165) is 15.6 Å². The minimum Gasteiger partial charge on any atom is -0.477 e. The highest BCUT2D eigenvalue weighted by molar-refractivity contribution is 7.89. The molecule has 0 saturated heterocycles. The molecule has 3 N–H and O–H groups in total. The van der Waals surface area contributed by atoms with Gasteiger partial charge in [0, 0.05) is 13.1 Å². The highest BCUT2D eigenvalue weighted by Crippen LogP contribution is 2.24. The Hall–Kier alpha value is -1.00. The molecule has 18 heavy (non-hydrogen) atoms. The summed E-state index contributed by atoms with van der Waals surface area (Å²) in [6, 6.07) is 1.20. The molecule has 0 fully saturated rings. The summed E-state index contributed by atoms with van der Waals surface area (Å²) in [5, 5.41) is 27.9. The molecule has 9 heteroatoms. The van der Waals surface area contributed by atoms with Gasteiger partial charge in [-0.15, -0.1) is 11.3 Å². The minimum atomic E-state index is -4.01. The molecule has 0 aliphatic heterocycles. The number of carbonyl (C=O) groups is 1. The number of carboxylic acids is 1. The summed E-state index contributed by atoms with van der Waals surface area (Å²) in [6.07, 6.45) is 0. The lowest BCUT2D eigenvalue weighted by Gasteiger charge is -2.19. The molecule has 0 aliphatic carbocycles. The van der Waals surface area contributed by atoms with E-state index in [-0.39, 0.29) is 22.9 Å². The zero-order valence-electron chi connectivity index (χ0n) is 9.31. The molecule has 0 amide bonds. The molecular formula is C9H13NO6S2. The maximum atomic E-state index is 12.1. The number of nitrogens with zero attached hydrogens (tertiary/aromatic N) is 1. The summed E-state index contributed by atoms with van der Waals surface area (Å²) in [5.74, 6) is -1.32. The van der Waals surface area contributed by atoms with Gasteiger partial charge in [0.2, 0.25) is 10.0 Å². The number of aromatic carboxylic acids is 1. The Kier molecular flexibility index (Phi) is 5.23. The molecular weight excluding hydrogens is 282 g/mol. The van der Waals surface area contributed by atoms with Gasteiger partial charge in [-0.1, -0.05) is 0 Å². The molecule has 0 saturated carbocycles. The van der Waals surface area contributed by atoms with Crippen molar-refractivity contribution in [1.29, 1.82) is 0 Å². The van der Waals surface area contributed by atoms with E-state index in [4.69, 9.17) is 15.3 Å². The number of aliphatic hydroxyl groups excluding tert-OH is 2. The number of hydrogen-bond acceptors (Lipinski definition) is 6. The van der Waals surface area contributed by atoms with Gasteiger partial charge in [0.05, 0.1) is 13.2 Å². The molecule has 1 heterocycles. The maximum Gasteiger partial charge on any atom is 0.347 e. The van der Waals surface area contributed by atoms with E-state index in [1.165, 1.54) is 11.4 Å². The zero-order chi connectivity index (χ0) is 13.8. The molecule has 0 radical (unpaired) electrons. The smallest absolute Gasteiger partial charge is 0.347 e. The number of hydrogen-bond donors (Lipinski definition) is 3. The van der Waals surface area contributed by atoms with E-state index < -0.39 is 29.2 Å². The standard InChI is InChI=1S/C9H13NO6S2/c11-4-2-10(3-5-12)18(15,16)7-1-6-17-8(7)9(13)14/h1,6,11-12H,2-5H2,(H,13,14). The molecule has 0 spiro atoms. The van der Waals surface area contributed by atoms with E-state index in [1.54, 1.807) is 0 Å². The quantitative estimate of drug-likeness (QED) is 0.620. The molecule has 7 nitrogen and oxygen atoms in total. The van der Waals surface area contributed by atoms with Crippen LogP contribution in [0.5, 0.6) is 0 Å². The Morgan fingerprint density at radius 3 is 2.28 bits per heavy atom. The van der Waals surface area contributed by atoms with Gasteiger partial charge in [0.1, 0.15) is 9.77 Å². The Morgan fingerprint density at radius 2 is 1.83 bits per heavy atom. The first-order valence-electron chi connectivity index (χ1n) is 4.97. The zero-order valence-corrected chi connectivity index (χ0v) is 10.9. The highest BCUT2D eigenvalue weighted by Gasteiger charge is 2.29. The number of sulfonamides is 1. The van der Waals surface area contributed by atoms with Crippen molar-refractivity contribution in [2.75, 3.05) is 26.3 Å². The van der Waals surface area contributed by atoms with Crippen molar-refractivity contribution in [3.63, 3.8) is 0 Å². The first-order valence-corrected chi connectivity index (χ1v) is 7.29. The summed E-state index contributed by atoms with van der Waals surface area (Å²) in [6.45, 7) is -1.22. The van der Waals surface area contributed by atoms with Gasteiger partial charge < -0.3 is 15.3 Å². The number of carboxylic acid groups (broad SMARTS) is 1.